The van der Waals surface area contributed by atoms with Gasteiger partial charge in [-0.3, -0.25) is 0 Å². The summed E-state index contributed by atoms with van der Waals surface area (Å²) in [5, 5.41) is 3.22. The first-order chi connectivity index (χ1) is 7.54. The van der Waals surface area contributed by atoms with Gasteiger partial charge in [-0.05, 0) is 37.1 Å². The lowest BCUT2D eigenvalue weighted by molar-refractivity contribution is 0.713. The molecule has 88 valence electrons. The number of halogens is 1. The lowest BCUT2D eigenvalue weighted by Gasteiger charge is -2.11. The van der Waals surface area contributed by atoms with Gasteiger partial charge in [0, 0.05) is 11.0 Å². The number of benzene rings is 1. The second-order valence-corrected chi connectivity index (χ2v) is 5.28. The summed E-state index contributed by atoms with van der Waals surface area (Å²) < 4.78 is 1.17. The first-order valence-corrected chi connectivity index (χ1v) is 6.45. The Balaban J connectivity index is 3.02. The molecule has 1 nitrogen and oxygen atoms in total. The van der Waals surface area contributed by atoms with Crippen LogP contribution < -0.4 is 5.32 Å². The van der Waals surface area contributed by atoms with Crippen molar-refractivity contribution in [1.29, 1.82) is 0 Å². The summed E-state index contributed by atoms with van der Waals surface area (Å²) in [6.07, 6.45) is 2.27. The van der Waals surface area contributed by atoms with Crippen LogP contribution in [0.3, 0.4) is 0 Å². The van der Waals surface area contributed by atoms with Gasteiger partial charge in [-0.1, -0.05) is 53.6 Å². The van der Waals surface area contributed by atoms with E-state index in [9.17, 15) is 0 Å². The third kappa shape index (κ3) is 3.76. The highest BCUT2D eigenvalue weighted by atomic mass is 79.9. The summed E-state index contributed by atoms with van der Waals surface area (Å²) >= 11 is 3.61. The van der Waals surface area contributed by atoms with Crippen molar-refractivity contribution >= 4 is 22.0 Å². The average Bonchev–Trinajstić information content (AvgIpc) is 2.20. The molecule has 1 aromatic rings. The second-order valence-electron chi connectivity index (χ2n) is 4.43. The summed E-state index contributed by atoms with van der Waals surface area (Å²) in [6, 6.07) is 6.47. The Labute approximate surface area is 107 Å². The first kappa shape index (κ1) is 13.5. The normalized spacial score (nSPS) is 12.2. The number of aryl methyl sites for hydroxylation is 1. The zero-order valence-electron chi connectivity index (χ0n) is 10.5. The number of hydrogen-bond donors (Lipinski definition) is 1. The Morgan fingerprint density at radius 2 is 2.12 bits per heavy atom. The fourth-order valence-electron chi connectivity index (χ4n) is 1.57. The Morgan fingerprint density at radius 1 is 1.44 bits per heavy atom. The summed E-state index contributed by atoms with van der Waals surface area (Å²) in [4.78, 5) is 0. The molecule has 16 heavy (non-hydrogen) atoms. The van der Waals surface area contributed by atoms with Crippen LogP contribution in [-0.4, -0.2) is 13.6 Å². The SMILES string of the molecule is CNC/C(=C/c1ccc(C)cc1Br)C(C)C. The van der Waals surface area contributed by atoms with Crippen LogP contribution in [0.2, 0.25) is 0 Å². The molecule has 0 unspecified atom stereocenters. The molecule has 0 atom stereocenters. The fraction of sp³-hybridized carbons (Fsp3) is 0.429. The Kier molecular flexibility index (Phi) is 5.23. The maximum absolute atomic E-state index is 3.61. The lowest BCUT2D eigenvalue weighted by Crippen LogP contribution is -2.13. The molecule has 2 heteroatoms. The van der Waals surface area contributed by atoms with Gasteiger partial charge in [0.15, 0.2) is 0 Å². The van der Waals surface area contributed by atoms with E-state index in [1.165, 1.54) is 21.2 Å². The molecular weight excluding hydrogens is 262 g/mol. The molecule has 0 saturated carbocycles. The predicted octanol–water partition coefficient (Wildman–Crippen LogP) is 4.02. The first-order valence-electron chi connectivity index (χ1n) is 5.65. The Hall–Kier alpha value is -0.600. The van der Waals surface area contributed by atoms with Crippen molar-refractivity contribution in [3.8, 4) is 0 Å². The van der Waals surface area contributed by atoms with Crippen LogP contribution in [0.4, 0.5) is 0 Å². The molecule has 0 radical (unpaired) electrons. The van der Waals surface area contributed by atoms with Gasteiger partial charge in [0.25, 0.3) is 0 Å². The van der Waals surface area contributed by atoms with Crippen LogP contribution in [0.1, 0.15) is 25.0 Å². The molecule has 0 spiro atoms. The van der Waals surface area contributed by atoms with Gasteiger partial charge in [-0.15, -0.1) is 0 Å². The van der Waals surface area contributed by atoms with Gasteiger partial charge >= 0.3 is 0 Å². The third-order valence-electron chi connectivity index (χ3n) is 2.62. The van der Waals surface area contributed by atoms with Crippen LogP contribution in [-0.2, 0) is 0 Å². The number of rotatable bonds is 4. The summed E-state index contributed by atoms with van der Waals surface area (Å²) in [5.74, 6) is 0.570. The zero-order chi connectivity index (χ0) is 12.1. The molecule has 0 saturated heterocycles. The van der Waals surface area contributed by atoms with Gasteiger partial charge in [-0.25, -0.2) is 0 Å². The molecule has 0 amide bonds. The molecule has 0 aliphatic heterocycles. The van der Waals surface area contributed by atoms with Crippen molar-refractivity contribution in [3.63, 3.8) is 0 Å². The van der Waals surface area contributed by atoms with Crippen molar-refractivity contribution in [2.45, 2.75) is 20.8 Å². The maximum atomic E-state index is 3.61. The second kappa shape index (κ2) is 6.21. The van der Waals surface area contributed by atoms with E-state index in [4.69, 9.17) is 0 Å². The van der Waals surface area contributed by atoms with Crippen LogP contribution in [0.25, 0.3) is 6.08 Å². The molecule has 0 heterocycles. The quantitative estimate of drug-likeness (QED) is 0.879. The zero-order valence-corrected chi connectivity index (χ0v) is 12.1. The van der Waals surface area contributed by atoms with E-state index in [2.05, 4.69) is 66.3 Å². The van der Waals surface area contributed by atoms with E-state index in [0.29, 0.717) is 5.92 Å². The van der Waals surface area contributed by atoms with Gasteiger partial charge < -0.3 is 5.32 Å². The van der Waals surface area contributed by atoms with Crippen LogP contribution >= 0.6 is 15.9 Å². The monoisotopic (exact) mass is 281 g/mol. The van der Waals surface area contributed by atoms with E-state index >= 15 is 0 Å². The maximum Gasteiger partial charge on any atom is 0.0250 e. The minimum atomic E-state index is 0.570. The topological polar surface area (TPSA) is 12.0 Å². The largest absolute Gasteiger partial charge is 0.316 e. The average molecular weight is 282 g/mol. The molecular formula is C14H20BrN. The van der Waals surface area contributed by atoms with Crippen molar-refractivity contribution in [2.24, 2.45) is 5.92 Å². The van der Waals surface area contributed by atoms with Crippen LogP contribution in [0.15, 0.2) is 28.2 Å². The number of hydrogen-bond acceptors (Lipinski definition) is 1. The van der Waals surface area contributed by atoms with Crippen molar-refractivity contribution in [3.05, 3.63) is 39.4 Å². The standard InChI is InChI=1S/C14H20BrN/c1-10(2)13(9-16-4)8-12-6-5-11(3)7-14(12)15/h5-8,10,16H,9H2,1-4H3/b13-8-. The van der Waals surface area contributed by atoms with Crippen molar-refractivity contribution < 1.29 is 0 Å². The molecule has 1 N–H and O–H groups in total. The molecule has 1 aromatic carbocycles. The van der Waals surface area contributed by atoms with Crippen LogP contribution in [0, 0.1) is 12.8 Å². The van der Waals surface area contributed by atoms with E-state index in [0.717, 1.165) is 6.54 Å². The van der Waals surface area contributed by atoms with E-state index in [1.54, 1.807) is 0 Å². The molecule has 0 aromatic heterocycles. The van der Waals surface area contributed by atoms with E-state index in [-0.39, 0.29) is 0 Å². The smallest absolute Gasteiger partial charge is 0.0250 e. The predicted molar refractivity (Wildman–Crippen MR) is 75.6 cm³/mol. The van der Waals surface area contributed by atoms with Gasteiger partial charge in [-0.2, -0.15) is 0 Å². The molecule has 0 aliphatic rings. The summed E-state index contributed by atoms with van der Waals surface area (Å²) in [7, 11) is 1.99. The number of nitrogens with one attached hydrogen (secondary N) is 1. The molecule has 0 aliphatic carbocycles. The van der Waals surface area contributed by atoms with Crippen molar-refractivity contribution in [2.75, 3.05) is 13.6 Å². The van der Waals surface area contributed by atoms with Gasteiger partial charge in [0.2, 0.25) is 0 Å². The lowest BCUT2D eigenvalue weighted by atomic mass is 10.00. The third-order valence-corrected chi connectivity index (χ3v) is 3.31. The molecule has 0 fully saturated rings. The fourth-order valence-corrected chi connectivity index (χ4v) is 2.18. The highest BCUT2D eigenvalue weighted by molar-refractivity contribution is 9.10. The Morgan fingerprint density at radius 3 is 2.62 bits per heavy atom. The highest BCUT2D eigenvalue weighted by Crippen LogP contribution is 2.22. The van der Waals surface area contributed by atoms with E-state index < -0.39 is 0 Å². The van der Waals surface area contributed by atoms with Gasteiger partial charge in [0.1, 0.15) is 0 Å². The molecule has 1 rings (SSSR count). The van der Waals surface area contributed by atoms with E-state index in [1.807, 2.05) is 7.05 Å². The summed E-state index contributed by atoms with van der Waals surface area (Å²) in [6.45, 7) is 7.50. The number of likely N-dealkylation sites (N-methyl/N-ethyl adjacent to an activating group) is 1. The minimum absolute atomic E-state index is 0.570. The molecule has 0 bridgehead atoms. The van der Waals surface area contributed by atoms with Crippen molar-refractivity contribution in [1.82, 2.24) is 5.32 Å². The van der Waals surface area contributed by atoms with Gasteiger partial charge in [0.05, 0.1) is 0 Å². The van der Waals surface area contributed by atoms with Crippen LogP contribution in [0.5, 0.6) is 0 Å². The minimum Gasteiger partial charge on any atom is -0.316 e. The summed E-state index contributed by atoms with van der Waals surface area (Å²) in [5.41, 5.74) is 3.96. The Bertz CT molecular complexity index is 380. The highest BCUT2D eigenvalue weighted by Gasteiger charge is 2.04.